The predicted octanol–water partition coefficient (Wildman–Crippen LogP) is 0.946. The molecule has 3 rings (SSSR count). The zero-order chi connectivity index (χ0) is 14.3. The minimum Gasteiger partial charge on any atom is -0.480 e. The van der Waals surface area contributed by atoms with Crippen LogP contribution in [0, 0.1) is 0 Å². The molecule has 1 aromatic carbocycles. The summed E-state index contributed by atoms with van der Waals surface area (Å²) in [5.74, 6) is -0.855. The number of carbonyl (C=O) groups is 2. The van der Waals surface area contributed by atoms with Crippen LogP contribution in [0.3, 0.4) is 0 Å². The second-order valence-corrected chi connectivity index (χ2v) is 5.88. The van der Waals surface area contributed by atoms with Crippen LogP contribution >= 0.6 is 11.8 Å². The van der Waals surface area contributed by atoms with Crippen LogP contribution in [0.15, 0.2) is 18.2 Å². The number of aromatic nitrogens is 3. The summed E-state index contributed by atoms with van der Waals surface area (Å²) in [5.41, 5.74) is 1.68. The normalized spacial score (nSPS) is 22.4. The van der Waals surface area contributed by atoms with Crippen LogP contribution in [0.25, 0.3) is 11.0 Å². The van der Waals surface area contributed by atoms with Gasteiger partial charge in [0.25, 0.3) is 5.91 Å². The Kier molecular flexibility index (Phi) is 3.09. The average Bonchev–Trinajstić information content (AvgIpc) is 3.03. The number of carbonyl (C=O) groups excluding carboxylic acids is 1. The minimum atomic E-state index is -0.974. The maximum Gasteiger partial charge on any atom is 0.327 e. The van der Waals surface area contributed by atoms with E-state index in [0.29, 0.717) is 22.3 Å². The topological polar surface area (TPSA) is 99.2 Å². The first kappa shape index (κ1) is 12.9. The maximum atomic E-state index is 12.5. The van der Waals surface area contributed by atoms with E-state index in [2.05, 4.69) is 15.4 Å². The monoisotopic (exact) mass is 292 g/mol. The fraction of sp³-hybridized carbons (Fsp3) is 0.333. The van der Waals surface area contributed by atoms with Crippen molar-refractivity contribution in [1.82, 2.24) is 20.3 Å². The third-order valence-corrected chi connectivity index (χ3v) is 4.52. The van der Waals surface area contributed by atoms with Gasteiger partial charge in [-0.15, -0.1) is 11.8 Å². The molecule has 1 aliphatic heterocycles. The quantitative estimate of drug-likeness (QED) is 0.855. The van der Waals surface area contributed by atoms with Gasteiger partial charge in [-0.1, -0.05) is 0 Å². The zero-order valence-corrected chi connectivity index (χ0v) is 11.4. The van der Waals surface area contributed by atoms with Crippen LogP contribution in [0.5, 0.6) is 0 Å². The summed E-state index contributed by atoms with van der Waals surface area (Å²) in [6.07, 6.45) is 0. The lowest BCUT2D eigenvalue weighted by atomic mass is 10.1. The fourth-order valence-corrected chi connectivity index (χ4v) is 3.43. The highest BCUT2D eigenvalue weighted by molar-refractivity contribution is 8.00. The van der Waals surface area contributed by atoms with Crippen LogP contribution in [0.4, 0.5) is 0 Å². The maximum absolute atomic E-state index is 12.5. The molecule has 0 spiro atoms. The molecule has 8 heteroatoms. The number of amides is 1. The van der Waals surface area contributed by atoms with Crippen LogP contribution < -0.4 is 0 Å². The van der Waals surface area contributed by atoms with E-state index >= 15 is 0 Å². The van der Waals surface area contributed by atoms with Crippen LogP contribution in [0.1, 0.15) is 17.3 Å². The first-order valence-corrected chi connectivity index (χ1v) is 7.10. The highest BCUT2D eigenvalue weighted by Gasteiger charge is 2.39. The van der Waals surface area contributed by atoms with Gasteiger partial charge in [0.2, 0.25) is 0 Å². The average molecular weight is 292 g/mol. The van der Waals surface area contributed by atoms with Gasteiger partial charge in [-0.3, -0.25) is 4.79 Å². The number of hydrogen-bond donors (Lipinski definition) is 2. The summed E-state index contributed by atoms with van der Waals surface area (Å²) in [6, 6.07) is 4.17. The Morgan fingerprint density at radius 3 is 2.90 bits per heavy atom. The number of nitrogens with zero attached hydrogens (tertiary/aromatic N) is 3. The van der Waals surface area contributed by atoms with E-state index in [1.807, 2.05) is 6.92 Å². The van der Waals surface area contributed by atoms with Crippen molar-refractivity contribution in [3.05, 3.63) is 23.8 Å². The molecule has 2 N–H and O–H groups in total. The third kappa shape index (κ3) is 2.01. The summed E-state index contributed by atoms with van der Waals surface area (Å²) in [6.45, 7) is 1.83. The van der Waals surface area contributed by atoms with E-state index in [1.165, 1.54) is 16.7 Å². The number of rotatable bonds is 2. The van der Waals surface area contributed by atoms with E-state index in [0.717, 1.165) is 0 Å². The van der Waals surface area contributed by atoms with Crippen molar-refractivity contribution in [2.45, 2.75) is 18.3 Å². The number of benzene rings is 1. The molecule has 7 nitrogen and oxygen atoms in total. The number of aliphatic carboxylic acids is 1. The van der Waals surface area contributed by atoms with Crippen molar-refractivity contribution >= 4 is 34.7 Å². The third-order valence-electron chi connectivity index (χ3n) is 3.31. The van der Waals surface area contributed by atoms with Gasteiger partial charge in [-0.05, 0) is 25.1 Å². The first-order chi connectivity index (χ1) is 9.58. The summed E-state index contributed by atoms with van der Waals surface area (Å²) in [4.78, 5) is 25.2. The smallest absolute Gasteiger partial charge is 0.327 e. The number of hydrogen-bond acceptors (Lipinski definition) is 5. The molecule has 1 fully saturated rings. The Balaban J connectivity index is 1.95. The molecule has 20 heavy (non-hydrogen) atoms. The lowest BCUT2D eigenvalue weighted by Crippen LogP contribution is -2.44. The summed E-state index contributed by atoms with van der Waals surface area (Å²) >= 11 is 1.46. The van der Waals surface area contributed by atoms with Gasteiger partial charge >= 0.3 is 5.97 Å². The van der Waals surface area contributed by atoms with Gasteiger partial charge < -0.3 is 10.0 Å². The molecule has 1 saturated heterocycles. The molecule has 2 heterocycles. The number of aromatic amines is 1. The van der Waals surface area contributed by atoms with E-state index in [1.54, 1.807) is 18.2 Å². The molecule has 1 aromatic heterocycles. The van der Waals surface area contributed by atoms with Crippen molar-refractivity contribution in [2.24, 2.45) is 0 Å². The fourth-order valence-electron chi connectivity index (χ4n) is 2.26. The van der Waals surface area contributed by atoms with Crippen LogP contribution in [0.2, 0.25) is 0 Å². The molecule has 0 bridgehead atoms. The number of carboxylic acid groups (broad SMARTS) is 1. The number of H-pyrrole nitrogens is 1. The number of carboxylic acids is 1. The first-order valence-electron chi connectivity index (χ1n) is 6.05. The van der Waals surface area contributed by atoms with Gasteiger partial charge in [0.15, 0.2) is 0 Å². The molecular weight excluding hydrogens is 280 g/mol. The van der Waals surface area contributed by atoms with Gasteiger partial charge in [0, 0.05) is 11.3 Å². The highest BCUT2D eigenvalue weighted by atomic mass is 32.2. The second-order valence-electron chi connectivity index (χ2n) is 4.53. The molecule has 2 unspecified atom stereocenters. The van der Waals surface area contributed by atoms with Gasteiger partial charge in [0.1, 0.15) is 17.1 Å². The van der Waals surface area contributed by atoms with Crippen LogP contribution in [-0.2, 0) is 4.79 Å². The molecule has 0 aliphatic carbocycles. The summed E-state index contributed by atoms with van der Waals surface area (Å²) in [7, 11) is 0. The van der Waals surface area contributed by atoms with Crippen molar-refractivity contribution in [2.75, 3.05) is 5.75 Å². The van der Waals surface area contributed by atoms with E-state index in [9.17, 15) is 14.7 Å². The molecule has 0 radical (unpaired) electrons. The molecule has 2 atom stereocenters. The van der Waals surface area contributed by atoms with Gasteiger partial charge in [-0.25, -0.2) is 4.79 Å². The van der Waals surface area contributed by atoms with Crippen molar-refractivity contribution < 1.29 is 14.7 Å². The molecule has 1 amide bonds. The zero-order valence-electron chi connectivity index (χ0n) is 10.6. The Morgan fingerprint density at radius 1 is 1.40 bits per heavy atom. The second kappa shape index (κ2) is 4.78. The largest absolute Gasteiger partial charge is 0.480 e. The SMILES string of the molecule is CC1SCC(C(=O)O)N1C(=O)c1ccc2n[nH]nc2c1. The van der Waals surface area contributed by atoms with Gasteiger partial charge in [-0.2, -0.15) is 15.4 Å². The lowest BCUT2D eigenvalue weighted by molar-refractivity contribution is -0.141. The van der Waals surface area contributed by atoms with Crippen molar-refractivity contribution in [1.29, 1.82) is 0 Å². The number of fused-ring (bicyclic) bond motifs is 1. The summed E-state index contributed by atoms with van der Waals surface area (Å²) in [5, 5.41) is 19.4. The Labute approximate surface area is 118 Å². The molecule has 104 valence electrons. The molecule has 0 saturated carbocycles. The van der Waals surface area contributed by atoms with E-state index in [-0.39, 0.29) is 11.3 Å². The van der Waals surface area contributed by atoms with E-state index < -0.39 is 12.0 Å². The molecular formula is C12H12N4O3S. The summed E-state index contributed by atoms with van der Waals surface area (Å²) < 4.78 is 0. The molecule has 2 aromatic rings. The van der Waals surface area contributed by atoms with Crippen molar-refractivity contribution in [3.8, 4) is 0 Å². The Hall–Kier alpha value is -2.09. The number of thioether (sulfide) groups is 1. The molecule has 1 aliphatic rings. The van der Waals surface area contributed by atoms with Crippen LogP contribution in [-0.4, -0.2) is 54.5 Å². The van der Waals surface area contributed by atoms with Gasteiger partial charge in [0.05, 0.1) is 5.37 Å². The lowest BCUT2D eigenvalue weighted by Gasteiger charge is -2.25. The Bertz CT molecular complexity index is 686. The standard InChI is InChI=1S/C12H12N4O3S/c1-6-16(10(5-20-6)12(18)19)11(17)7-2-3-8-9(4-7)14-15-13-8/h2-4,6,10H,5H2,1H3,(H,18,19)(H,13,14,15). The Morgan fingerprint density at radius 2 is 2.15 bits per heavy atom. The minimum absolute atomic E-state index is 0.156. The highest BCUT2D eigenvalue weighted by Crippen LogP contribution is 2.30. The van der Waals surface area contributed by atoms with E-state index in [4.69, 9.17) is 0 Å². The van der Waals surface area contributed by atoms with Crippen molar-refractivity contribution in [3.63, 3.8) is 0 Å². The predicted molar refractivity (Wildman–Crippen MR) is 73.4 cm³/mol. The number of nitrogens with one attached hydrogen (secondary N) is 1.